The van der Waals surface area contributed by atoms with Crippen LogP contribution in [0.3, 0.4) is 0 Å². The van der Waals surface area contributed by atoms with Gasteiger partial charge in [-0.15, -0.1) is 0 Å². The lowest BCUT2D eigenvalue weighted by molar-refractivity contribution is -0.154. The number of carbonyl (C=O) groups excluding carboxylic acids is 1. The van der Waals surface area contributed by atoms with E-state index in [1.54, 1.807) is 0 Å². The van der Waals surface area contributed by atoms with Gasteiger partial charge in [-0.25, -0.2) is 0 Å². The normalized spacial score (nSPS) is 19.7. The van der Waals surface area contributed by atoms with E-state index in [9.17, 15) is 4.79 Å². The van der Waals surface area contributed by atoms with E-state index in [-0.39, 0.29) is 19.3 Å². The molecule has 2 saturated heterocycles. The molecule has 6 nitrogen and oxygen atoms in total. The third-order valence-corrected chi connectivity index (χ3v) is 3.85. The van der Waals surface area contributed by atoms with Gasteiger partial charge in [0.15, 0.2) is 0 Å². The fourth-order valence-corrected chi connectivity index (χ4v) is 2.25. The van der Waals surface area contributed by atoms with Gasteiger partial charge in [-0.1, -0.05) is 21.3 Å². The van der Waals surface area contributed by atoms with Gasteiger partial charge in [-0.05, 0) is 13.8 Å². The summed E-state index contributed by atoms with van der Waals surface area (Å²) in [5, 5.41) is 3.33. The van der Waals surface area contributed by atoms with E-state index in [1.807, 2.05) is 13.8 Å². The van der Waals surface area contributed by atoms with Crippen LogP contribution in [0.25, 0.3) is 0 Å². The summed E-state index contributed by atoms with van der Waals surface area (Å²) in [6.07, 6.45) is 0. The second-order valence-corrected chi connectivity index (χ2v) is 6.36. The predicted octanol–water partition coefficient (Wildman–Crippen LogP) is 1.41. The number of hydrogen-bond acceptors (Lipinski definition) is 6. The second-order valence-electron chi connectivity index (χ2n) is 6.36. The Bertz CT molecular complexity index is 299. The lowest BCUT2D eigenvalue weighted by atomic mass is 10.2. The summed E-state index contributed by atoms with van der Waals surface area (Å²) in [7, 11) is 0. The van der Waals surface area contributed by atoms with Crippen molar-refractivity contribution in [1.82, 2.24) is 15.1 Å². The molecular formula is C17H37N3O3. The Morgan fingerprint density at radius 2 is 1.65 bits per heavy atom. The fourth-order valence-electron chi connectivity index (χ4n) is 2.25. The van der Waals surface area contributed by atoms with Crippen LogP contribution in [-0.4, -0.2) is 81.0 Å². The lowest BCUT2D eigenvalue weighted by Crippen LogP contribution is -2.46. The quantitative estimate of drug-likeness (QED) is 0.786. The molecule has 1 N–H and O–H groups in total. The predicted molar refractivity (Wildman–Crippen MR) is 94.5 cm³/mol. The van der Waals surface area contributed by atoms with E-state index < -0.39 is 0 Å². The molecule has 0 atom stereocenters. The summed E-state index contributed by atoms with van der Waals surface area (Å²) in [6.45, 7) is 16.5. The van der Waals surface area contributed by atoms with Gasteiger partial charge in [-0.2, -0.15) is 0 Å². The summed E-state index contributed by atoms with van der Waals surface area (Å²) in [6, 6.07) is 0.729. The van der Waals surface area contributed by atoms with Gasteiger partial charge in [0.25, 0.3) is 0 Å². The van der Waals surface area contributed by atoms with Crippen molar-refractivity contribution in [2.45, 2.75) is 41.2 Å². The van der Waals surface area contributed by atoms with Crippen LogP contribution in [0.5, 0.6) is 0 Å². The molecule has 0 aromatic heterocycles. The van der Waals surface area contributed by atoms with Gasteiger partial charge in [0.05, 0.1) is 19.1 Å². The third kappa shape index (κ3) is 9.91. The van der Waals surface area contributed by atoms with Crippen molar-refractivity contribution >= 4 is 5.97 Å². The minimum Gasteiger partial charge on any atom is -0.449 e. The number of carbonyl (C=O) groups is 1. The van der Waals surface area contributed by atoms with Crippen molar-refractivity contribution in [3.8, 4) is 0 Å². The molecule has 0 spiro atoms. The zero-order valence-corrected chi connectivity index (χ0v) is 14.6. The van der Waals surface area contributed by atoms with Gasteiger partial charge in [-0.3, -0.25) is 14.6 Å². The number of nitrogens with one attached hydrogen (secondary N) is 1. The molecule has 2 fully saturated rings. The largest absolute Gasteiger partial charge is 0.449 e. The molecule has 0 bridgehead atoms. The van der Waals surface area contributed by atoms with Crippen LogP contribution in [0.4, 0.5) is 0 Å². The molecule has 2 rings (SSSR count). The van der Waals surface area contributed by atoms with Gasteiger partial charge < -0.3 is 14.8 Å². The highest BCUT2D eigenvalue weighted by atomic mass is 16.5. The summed E-state index contributed by atoms with van der Waals surface area (Å²) in [5.41, 5.74) is 0. The van der Waals surface area contributed by atoms with Gasteiger partial charge >= 0.3 is 5.97 Å². The Morgan fingerprint density at radius 3 is 2.09 bits per heavy atom. The monoisotopic (exact) mass is 331 g/mol. The number of nitrogens with zero attached hydrogens (tertiary/aromatic N) is 2. The van der Waals surface area contributed by atoms with E-state index >= 15 is 0 Å². The smallest absolute Gasteiger partial charge is 0.309 e. The van der Waals surface area contributed by atoms with Crippen LogP contribution < -0.4 is 5.32 Å². The average molecular weight is 332 g/mol. The highest BCUT2D eigenvalue weighted by molar-refractivity contribution is 5.71. The van der Waals surface area contributed by atoms with Crippen LogP contribution in [0.15, 0.2) is 0 Å². The summed E-state index contributed by atoms with van der Waals surface area (Å²) >= 11 is 0. The third-order valence-electron chi connectivity index (χ3n) is 3.85. The van der Waals surface area contributed by atoms with Gasteiger partial charge in [0, 0.05) is 45.3 Å². The molecule has 2 aliphatic rings. The number of hydrogen-bond donors (Lipinski definition) is 1. The van der Waals surface area contributed by atoms with E-state index in [0.717, 1.165) is 45.4 Å². The number of ether oxygens (including phenoxy) is 2. The molecule has 2 aliphatic heterocycles. The highest BCUT2D eigenvalue weighted by Crippen LogP contribution is 2.00. The average Bonchev–Trinajstić information content (AvgIpc) is 2.55. The van der Waals surface area contributed by atoms with Crippen LogP contribution in [0, 0.1) is 5.92 Å². The molecule has 23 heavy (non-hydrogen) atoms. The molecular weight excluding hydrogens is 294 g/mol. The lowest BCUT2D eigenvalue weighted by Gasteiger charge is -2.30. The minimum atomic E-state index is -0.133. The van der Waals surface area contributed by atoms with Gasteiger partial charge in [0.1, 0.15) is 6.73 Å². The molecule has 0 saturated carbocycles. The van der Waals surface area contributed by atoms with Crippen molar-refractivity contribution in [2.24, 2.45) is 5.92 Å². The minimum absolute atomic E-state index is 0. The Balaban J connectivity index is 0.000000427. The maximum Gasteiger partial charge on any atom is 0.309 e. The first-order chi connectivity index (χ1) is 10.5. The molecule has 0 radical (unpaired) electrons. The first-order valence-corrected chi connectivity index (χ1v) is 8.42. The molecule has 0 aromatic rings. The molecule has 138 valence electrons. The molecule has 0 aromatic carbocycles. The standard InChI is InChI=1S/C9H17NO3.C7H16N2.CH4/c1-8(2)9(11)13-7-10-3-5-12-6-4-10;1-7(2)9-5-3-8-4-6-9;/h8H,3-7H2,1-2H3;7-8H,3-6H2,1-2H3;1H4. The van der Waals surface area contributed by atoms with Crippen molar-refractivity contribution in [3.05, 3.63) is 0 Å². The Hall–Kier alpha value is -0.690. The summed E-state index contributed by atoms with van der Waals surface area (Å²) in [4.78, 5) is 15.7. The first-order valence-electron chi connectivity index (χ1n) is 8.42. The van der Waals surface area contributed by atoms with Gasteiger partial charge in [0.2, 0.25) is 0 Å². The van der Waals surface area contributed by atoms with Crippen LogP contribution in [0.2, 0.25) is 0 Å². The Labute approximate surface area is 142 Å². The van der Waals surface area contributed by atoms with E-state index in [1.165, 1.54) is 13.1 Å². The van der Waals surface area contributed by atoms with Crippen molar-refractivity contribution in [1.29, 1.82) is 0 Å². The Kier molecular flexibility index (Phi) is 12.3. The van der Waals surface area contributed by atoms with Crippen LogP contribution >= 0.6 is 0 Å². The maximum absolute atomic E-state index is 11.1. The molecule has 2 heterocycles. The van der Waals surface area contributed by atoms with Crippen molar-refractivity contribution in [2.75, 3.05) is 59.2 Å². The number of rotatable bonds is 4. The van der Waals surface area contributed by atoms with Crippen molar-refractivity contribution in [3.63, 3.8) is 0 Å². The molecule has 0 amide bonds. The molecule has 0 unspecified atom stereocenters. The topological polar surface area (TPSA) is 54.0 Å². The zero-order valence-electron chi connectivity index (χ0n) is 14.6. The SMILES string of the molecule is C.CC(C)C(=O)OCN1CCOCC1.CC(C)N1CCNCC1. The zero-order chi connectivity index (χ0) is 16.4. The van der Waals surface area contributed by atoms with Crippen LogP contribution in [0.1, 0.15) is 35.1 Å². The summed E-state index contributed by atoms with van der Waals surface area (Å²) in [5.74, 6) is -0.174. The number of piperazine rings is 1. The maximum atomic E-state index is 11.1. The van der Waals surface area contributed by atoms with E-state index in [4.69, 9.17) is 9.47 Å². The number of morpholine rings is 1. The van der Waals surface area contributed by atoms with E-state index in [2.05, 4.69) is 29.0 Å². The fraction of sp³-hybridized carbons (Fsp3) is 0.941. The summed E-state index contributed by atoms with van der Waals surface area (Å²) < 4.78 is 10.2. The Morgan fingerprint density at radius 1 is 1.09 bits per heavy atom. The van der Waals surface area contributed by atoms with Crippen LogP contribution in [-0.2, 0) is 14.3 Å². The van der Waals surface area contributed by atoms with E-state index in [0.29, 0.717) is 6.73 Å². The second kappa shape index (κ2) is 12.7. The number of esters is 1. The molecule has 0 aliphatic carbocycles. The highest BCUT2D eigenvalue weighted by Gasteiger charge is 2.14. The first kappa shape index (κ1) is 22.3. The van der Waals surface area contributed by atoms with Crippen molar-refractivity contribution < 1.29 is 14.3 Å². The molecule has 6 heteroatoms.